The zero-order valence-electron chi connectivity index (χ0n) is 14.8. The van der Waals surface area contributed by atoms with E-state index in [4.69, 9.17) is 4.74 Å². The number of ether oxygens (including phenoxy) is 1. The number of rotatable bonds is 5. The van der Waals surface area contributed by atoms with Gasteiger partial charge in [-0.25, -0.2) is 4.98 Å². The summed E-state index contributed by atoms with van der Waals surface area (Å²) in [5.74, 6) is -0.543. The van der Waals surface area contributed by atoms with E-state index in [-0.39, 0.29) is 24.4 Å². The molecule has 3 aromatic rings. The van der Waals surface area contributed by atoms with Gasteiger partial charge in [0.1, 0.15) is 0 Å². The van der Waals surface area contributed by atoms with Crippen molar-refractivity contribution in [3.63, 3.8) is 0 Å². The SMILES string of the molecule is COc1ccn2c(=O)c(-c3cnn(CCCC(F)(F)F)c3)c(C(F)(F)F)nc2n1. The van der Waals surface area contributed by atoms with Gasteiger partial charge in [0, 0.05) is 37.0 Å². The molecule has 0 aliphatic heterocycles. The molecule has 13 heteroatoms. The van der Waals surface area contributed by atoms with E-state index in [9.17, 15) is 31.1 Å². The van der Waals surface area contributed by atoms with Crippen LogP contribution in [0.2, 0.25) is 0 Å². The van der Waals surface area contributed by atoms with Crippen LogP contribution in [0.3, 0.4) is 0 Å². The molecular formula is C16H13F6N5O2. The molecule has 0 fully saturated rings. The maximum Gasteiger partial charge on any atom is 0.434 e. The first-order valence-corrected chi connectivity index (χ1v) is 8.14. The Morgan fingerprint density at radius 3 is 2.48 bits per heavy atom. The predicted octanol–water partition coefficient (Wildman–Crippen LogP) is 3.32. The molecule has 0 aromatic carbocycles. The monoisotopic (exact) mass is 421 g/mol. The third kappa shape index (κ3) is 4.49. The Balaban J connectivity index is 2.07. The highest BCUT2D eigenvalue weighted by Gasteiger charge is 2.38. The normalized spacial score (nSPS) is 12.5. The number of fused-ring (bicyclic) bond motifs is 1. The summed E-state index contributed by atoms with van der Waals surface area (Å²) >= 11 is 0. The summed E-state index contributed by atoms with van der Waals surface area (Å²) in [5, 5.41) is 3.75. The molecule has 156 valence electrons. The lowest BCUT2D eigenvalue weighted by Gasteiger charge is -2.12. The average Bonchev–Trinajstić information content (AvgIpc) is 3.07. The van der Waals surface area contributed by atoms with E-state index in [0.29, 0.717) is 0 Å². The van der Waals surface area contributed by atoms with Crippen molar-refractivity contribution in [2.45, 2.75) is 31.7 Å². The number of methoxy groups -OCH3 is 1. The van der Waals surface area contributed by atoms with Crippen LogP contribution in [0, 0.1) is 0 Å². The maximum atomic E-state index is 13.5. The van der Waals surface area contributed by atoms with Gasteiger partial charge in [0.2, 0.25) is 11.7 Å². The van der Waals surface area contributed by atoms with Gasteiger partial charge in [-0.1, -0.05) is 0 Å². The summed E-state index contributed by atoms with van der Waals surface area (Å²) in [7, 11) is 1.25. The Hall–Kier alpha value is -3.12. The minimum absolute atomic E-state index is 0.0322. The lowest BCUT2D eigenvalue weighted by atomic mass is 10.1. The van der Waals surface area contributed by atoms with Crippen LogP contribution in [0.15, 0.2) is 29.5 Å². The summed E-state index contributed by atoms with van der Waals surface area (Å²) < 4.78 is 84.1. The second-order valence-corrected chi connectivity index (χ2v) is 5.99. The summed E-state index contributed by atoms with van der Waals surface area (Å²) in [6, 6.07) is 1.27. The smallest absolute Gasteiger partial charge is 0.434 e. The Labute approximate surface area is 158 Å². The standard InChI is InChI=1S/C16H13F6N5O2/c1-29-10-3-6-27-13(28)11(12(16(20,21)22)25-14(27)24-10)9-7-23-26(8-9)5-2-4-15(17,18)19/h3,6-8H,2,4-5H2,1H3. The molecule has 0 aliphatic rings. The summed E-state index contributed by atoms with van der Waals surface area (Å²) in [6.45, 7) is -0.179. The predicted molar refractivity (Wildman–Crippen MR) is 87.3 cm³/mol. The number of alkyl halides is 6. The lowest BCUT2D eigenvalue weighted by molar-refractivity contribution is -0.140. The van der Waals surface area contributed by atoms with Crippen molar-refractivity contribution in [1.29, 1.82) is 0 Å². The molecule has 0 saturated carbocycles. The Bertz CT molecular complexity index is 1090. The molecule has 3 heterocycles. The molecule has 0 spiro atoms. The van der Waals surface area contributed by atoms with E-state index < -0.39 is 41.4 Å². The molecule has 0 unspecified atom stereocenters. The molecule has 29 heavy (non-hydrogen) atoms. The Kier molecular flexibility index (Phi) is 5.24. The number of aryl methyl sites for hydroxylation is 1. The lowest BCUT2D eigenvalue weighted by Crippen LogP contribution is -2.24. The first-order valence-electron chi connectivity index (χ1n) is 8.14. The van der Waals surface area contributed by atoms with Crippen molar-refractivity contribution in [1.82, 2.24) is 24.1 Å². The molecule has 0 amide bonds. The molecule has 0 radical (unpaired) electrons. The average molecular weight is 421 g/mol. The fourth-order valence-corrected chi connectivity index (χ4v) is 2.65. The second kappa shape index (κ2) is 7.37. The van der Waals surface area contributed by atoms with Gasteiger partial charge in [-0.3, -0.25) is 13.9 Å². The van der Waals surface area contributed by atoms with Gasteiger partial charge in [-0.2, -0.15) is 36.4 Å². The maximum absolute atomic E-state index is 13.5. The van der Waals surface area contributed by atoms with Gasteiger partial charge >= 0.3 is 12.4 Å². The third-order valence-corrected chi connectivity index (χ3v) is 3.92. The van der Waals surface area contributed by atoms with Gasteiger partial charge in [0.25, 0.3) is 5.56 Å². The Morgan fingerprint density at radius 1 is 1.14 bits per heavy atom. The van der Waals surface area contributed by atoms with Crippen LogP contribution < -0.4 is 10.3 Å². The van der Waals surface area contributed by atoms with Crippen molar-refractivity contribution < 1.29 is 31.1 Å². The zero-order valence-corrected chi connectivity index (χ0v) is 14.8. The molecule has 7 nitrogen and oxygen atoms in total. The molecule has 3 rings (SSSR count). The molecule has 0 bridgehead atoms. The number of nitrogens with zero attached hydrogens (tertiary/aromatic N) is 5. The van der Waals surface area contributed by atoms with Gasteiger partial charge in [-0.15, -0.1) is 0 Å². The van der Waals surface area contributed by atoms with E-state index in [1.54, 1.807) is 0 Å². The largest absolute Gasteiger partial charge is 0.481 e. The molecule has 0 aliphatic carbocycles. The van der Waals surface area contributed by atoms with Gasteiger partial charge in [-0.05, 0) is 6.42 Å². The van der Waals surface area contributed by atoms with Crippen LogP contribution in [-0.4, -0.2) is 37.4 Å². The molecule has 0 saturated heterocycles. The van der Waals surface area contributed by atoms with Crippen molar-refractivity contribution in [2.75, 3.05) is 7.11 Å². The van der Waals surface area contributed by atoms with Crippen molar-refractivity contribution in [3.05, 3.63) is 40.7 Å². The topological polar surface area (TPSA) is 74.3 Å². The van der Waals surface area contributed by atoms with E-state index in [2.05, 4.69) is 15.1 Å². The summed E-state index contributed by atoms with van der Waals surface area (Å²) in [5.41, 5.74) is -3.51. The quantitative estimate of drug-likeness (QED) is 0.591. The Morgan fingerprint density at radius 2 is 1.86 bits per heavy atom. The number of halogens is 6. The van der Waals surface area contributed by atoms with Gasteiger partial charge in [0.05, 0.1) is 18.9 Å². The number of hydrogen-bond acceptors (Lipinski definition) is 5. The van der Waals surface area contributed by atoms with Crippen LogP contribution in [0.1, 0.15) is 18.5 Å². The van der Waals surface area contributed by atoms with Crippen molar-refractivity contribution >= 4 is 5.78 Å². The highest BCUT2D eigenvalue weighted by molar-refractivity contribution is 5.65. The number of aromatic nitrogens is 5. The third-order valence-electron chi connectivity index (χ3n) is 3.92. The molecule has 0 N–H and O–H groups in total. The van der Waals surface area contributed by atoms with Crippen LogP contribution in [0.5, 0.6) is 5.88 Å². The minimum Gasteiger partial charge on any atom is -0.481 e. The molecule has 3 aromatic heterocycles. The second-order valence-electron chi connectivity index (χ2n) is 5.99. The first kappa shape index (κ1) is 20.6. The van der Waals surface area contributed by atoms with Crippen LogP contribution >= 0.6 is 0 Å². The van der Waals surface area contributed by atoms with Crippen molar-refractivity contribution in [2.24, 2.45) is 0 Å². The zero-order chi connectivity index (χ0) is 21.4. The van der Waals surface area contributed by atoms with Crippen molar-refractivity contribution in [3.8, 4) is 17.0 Å². The summed E-state index contributed by atoms with van der Waals surface area (Å²) in [4.78, 5) is 19.9. The molecule has 0 atom stereocenters. The van der Waals surface area contributed by atoms with Gasteiger partial charge < -0.3 is 4.74 Å². The highest BCUT2D eigenvalue weighted by atomic mass is 19.4. The van der Waals surface area contributed by atoms with E-state index in [1.807, 2.05) is 0 Å². The van der Waals surface area contributed by atoms with E-state index in [1.165, 1.54) is 13.2 Å². The fraction of sp³-hybridized carbons (Fsp3) is 0.375. The van der Waals surface area contributed by atoms with E-state index >= 15 is 0 Å². The highest BCUT2D eigenvalue weighted by Crippen LogP contribution is 2.34. The number of hydrogen-bond donors (Lipinski definition) is 0. The van der Waals surface area contributed by atoms with Crippen LogP contribution in [-0.2, 0) is 12.7 Å². The molecular weight excluding hydrogens is 408 g/mol. The fourth-order valence-electron chi connectivity index (χ4n) is 2.65. The van der Waals surface area contributed by atoms with Crippen LogP contribution in [0.25, 0.3) is 16.9 Å². The minimum atomic E-state index is -4.98. The van der Waals surface area contributed by atoms with Gasteiger partial charge in [0.15, 0.2) is 5.69 Å². The van der Waals surface area contributed by atoms with E-state index in [0.717, 1.165) is 27.7 Å². The first-order chi connectivity index (χ1) is 13.5. The van der Waals surface area contributed by atoms with Crippen LogP contribution in [0.4, 0.5) is 26.3 Å². The summed E-state index contributed by atoms with van der Waals surface area (Å²) in [6.07, 6.45) is -7.49.